The van der Waals surface area contributed by atoms with E-state index < -0.39 is 23.9 Å². The molecule has 0 spiro atoms. The van der Waals surface area contributed by atoms with Gasteiger partial charge in [0.25, 0.3) is 0 Å². The highest BCUT2D eigenvalue weighted by Crippen LogP contribution is 2.05. The number of carbonyl (C=O) groups excluding carboxylic acids is 4. The Hall–Kier alpha value is -2.70. The summed E-state index contributed by atoms with van der Waals surface area (Å²) < 4.78 is 0. The van der Waals surface area contributed by atoms with Gasteiger partial charge in [-0.2, -0.15) is 0 Å². The molecule has 1 aromatic carbocycles. The van der Waals surface area contributed by atoms with Crippen molar-refractivity contribution < 1.29 is 19.2 Å². The molecule has 7 heteroatoms. The Morgan fingerprint density at radius 3 is 2.12 bits per heavy atom. The number of benzene rings is 1. The van der Waals surface area contributed by atoms with Crippen LogP contribution in [-0.4, -0.2) is 35.6 Å². The highest BCUT2D eigenvalue weighted by molar-refractivity contribution is 5.91. The molecule has 0 heterocycles. The molecule has 0 unspecified atom stereocenters. The van der Waals surface area contributed by atoms with Gasteiger partial charge in [0.2, 0.25) is 17.7 Å². The molecule has 24 heavy (non-hydrogen) atoms. The third kappa shape index (κ3) is 7.04. The minimum absolute atomic E-state index is 0.0989. The van der Waals surface area contributed by atoms with Crippen molar-refractivity contribution in [2.24, 2.45) is 5.73 Å². The summed E-state index contributed by atoms with van der Waals surface area (Å²) in [4.78, 5) is 46.3. The predicted molar refractivity (Wildman–Crippen MR) is 88.8 cm³/mol. The Morgan fingerprint density at radius 2 is 1.62 bits per heavy atom. The SMILES string of the molecule is CC(=O)CC[C@@H](NC(=O)[C@H](Cc1ccccc1)NC(C)=O)C(N)=O. The number of Topliss-reactive ketones (excluding diaryl/α,β-unsaturated/α-hetero) is 1. The first kappa shape index (κ1) is 19.3. The summed E-state index contributed by atoms with van der Waals surface area (Å²) >= 11 is 0. The number of ketones is 1. The van der Waals surface area contributed by atoms with Crippen molar-refractivity contribution in [3.63, 3.8) is 0 Å². The van der Waals surface area contributed by atoms with Gasteiger partial charge in [0.1, 0.15) is 17.9 Å². The van der Waals surface area contributed by atoms with Gasteiger partial charge >= 0.3 is 0 Å². The van der Waals surface area contributed by atoms with Gasteiger partial charge in [-0.1, -0.05) is 30.3 Å². The number of hydrogen-bond donors (Lipinski definition) is 3. The van der Waals surface area contributed by atoms with Gasteiger partial charge in [-0.3, -0.25) is 14.4 Å². The van der Waals surface area contributed by atoms with Gasteiger partial charge in [-0.05, 0) is 18.9 Å². The van der Waals surface area contributed by atoms with Crippen LogP contribution in [0.3, 0.4) is 0 Å². The summed E-state index contributed by atoms with van der Waals surface area (Å²) in [5.41, 5.74) is 6.14. The van der Waals surface area contributed by atoms with Gasteiger partial charge in [0, 0.05) is 19.8 Å². The molecule has 1 rings (SSSR count). The van der Waals surface area contributed by atoms with E-state index in [9.17, 15) is 19.2 Å². The number of nitrogens with two attached hydrogens (primary N) is 1. The molecule has 2 atom stereocenters. The van der Waals surface area contributed by atoms with Gasteiger partial charge in [0.15, 0.2) is 0 Å². The summed E-state index contributed by atoms with van der Waals surface area (Å²) in [6.07, 6.45) is 0.552. The van der Waals surface area contributed by atoms with Crippen molar-refractivity contribution in [3.05, 3.63) is 35.9 Å². The van der Waals surface area contributed by atoms with Gasteiger partial charge in [-0.15, -0.1) is 0 Å². The lowest BCUT2D eigenvalue weighted by Crippen LogP contribution is -2.53. The molecular weight excluding hydrogens is 310 g/mol. The fourth-order valence-electron chi connectivity index (χ4n) is 2.21. The molecule has 0 aliphatic rings. The zero-order valence-electron chi connectivity index (χ0n) is 13.9. The lowest BCUT2D eigenvalue weighted by Gasteiger charge is -2.21. The fourth-order valence-corrected chi connectivity index (χ4v) is 2.21. The third-order valence-electron chi connectivity index (χ3n) is 3.42. The molecule has 0 aromatic heterocycles. The number of rotatable bonds is 9. The van der Waals surface area contributed by atoms with Crippen molar-refractivity contribution in [2.45, 2.75) is 45.2 Å². The van der Waals surface area contributed by atoms with E-state index in [2.05, 4.69) is 10.6 Å². The van der Waals surface area contributed by atoms with E-state index in [1.54, 1.807) is 0 Å². The Bertz CT molecular complexity index is 601. The second-order valence-electron chi connectivity index (χ2n) is 5.65. The van der Waals surface area contributed by atoms with E-state index >= 15 is 0 Å². The first-order chi connectivity index (χ1) is 11.3. The zero-order chi connectivity index (χ0) is 18.1. The Labute approximate surface area is 141 Å². The minimum atomic E-state index is -0.951. The van der Waals surface area contributed by atoms with Gasteiger partial charge in [0.05, 0.1) is 0 Å². The largest absolute Gasteiger partial charge is 0.368 e. The first-order valence-corrected chi connectivity index (χ1v) is 7.69. The summed E-state index contributed by atoms with van der Waals surface area (Å²) in [6.45, 7) is 2.71. The van der Waals surface area contributed by atoms with E-state index in [0.29, 0.717) is 0 Å². The van der Waals surface area contributed by atoms with Crippen molar-refractivity contribution >= 4 is 23.5 Å². The maximum atomic E-state index is 12.4. The van der Waals surface area contributed by atoms with Crippen LogP contribution in [0.2, 0.25) is 0 Å². The second kappa shape index (κ2) is 9.44. The van der Waals surface area contributed by atoms with Crippen molar-refractivity contribution in [1.29, 1.82) is 0 Å². The summed E-state index contributed by atoms with van der Waals surface area (Å²) in [5, 5.41) is 5.08. The van der Waals surface area contributed by atoms with Crippen LogP contribution < -0.4 is 16.4 Å². The number of amides is 3. The standard InChI is InChI=1S/C17H23N3O4/c1-11(21)8-9-14(16(18)23)20-17(24)15(19-12(2)22)10-13-6-4-3-5-7-13/h3-7,14-15H,8-10H2,1-2H3,(H2,18,23)(H,19,22)(H,20,24)/t14-,15+/m1/s1. The molecule has 0 aliphatic heterocycles. The van der Waals surface area contributed by atoms with Crippen LogP contribution in [0, 0.1) is 0 Å². The van der Waals surface area contributed by atoms with Crippen LogP contribution in [0.1, 0.15) is 32.3 Å². The first-order valence-electron chi connectivity index (χ1n) is 7.69. The highest BCUT2D eigenvalue weighted by atomic mass is 16.2. The topological polar surface area (TPSA) is 118 Å². The van der Waals surface area contributed by atoms with E-state index in [1.807, 2.05) is 30.3 Å². The fraction of sp³-hybridized carbons (Fsp3) is 0.412. The monoisotopic (exact) mass is 333 g/mol. The van der Waals surface area contributed by atoms with Crippen LogP contribution in [0.4, 0.5) is 0 Å². The second-order valence-corrected chi connectivity index (χ2v) is 5.65. The summed E-state index contributed by atoms with van der Waals surface area (Å²) in [6, 6.07) is 7.40. The molecule has 0 bridgehead atoms. The number of primary amides is 1. The molecule has 0 radical (unpaired) electrons. The Morgan fingerprint density at radius 1 is 1.00 bits per heavy atom. The quantitative estimate of drug-likeness (QED) is 0.592. The molecule has 0 saturated carbocycles. The molecule has 1 aromatic rings. The maximum absolute atomic E-state index is 12.4. The molecule has 4 N–H and O–H groups in total. The zero-order valence-corrected chi connectivity index (χ0v) is 13.9. The lowest BCUT2D eigenvalue weighted by molar-refractivity contribution is -0.131. The van der Waals surface area contributed by atoms with Crippen LogP contribution in [0.5, 0.6) is 0 Å². The van der Waals surface area contributed by atoms with Crippen molar-refractivity contribution in [3.8, 4) is 0 Å². The average Bonchev–Trinajstić information content (AvgIpc) is 2.50. The number of hydrogen-bond acceptors (Lipinski definition) is 4. The number of nitrogens with one attached hydrogen (secondary N) is 2. The van der Waals surface area contributed by atoms with E-state index in [-0.39, 0.29) is 31.0 Å². The smallest absolute Gasteiger partial charge is 0.243 e. The minimum Gasteiger partial charge on any atom is -0.368 e. The van der Waals surface area contributed by atoms with Crippen LogP contribution in [0.15, 0.2) is 30.3 Å². The summed E-state index contributed by atoms with van der Waals surface area (Å²) in [7, 11) is 0. The van der Waals surface area contributed by atoms with Crippen molar-refractivity contribution in [1.82, 2.24) is 10.6 Å². The molecular formula is C17H23N3O4. The van der Waals surface area contributed by atoms with E-state index in [0.717, 1.165) is 5.56 Å². The van der Waals surface area contributed by atoms with E-state index in [1.165, 1.54) is 13.8 Å². The summed E-state index contributed by atoms with van der Waals surface area (Å²) in [5.74, 6) is -1.68. The highest BCUT2D eigenvalue weighted by Gasteiger charge is 2.25. The molecule has 0 fully saturated rings. The van der Waals surface area contributed by atoms with Gasteiger partial charge < -0.3 is 21.2 Å². The Balaban J connectivity index is 2.79. The van der Waals surface area contributed by atoms with Crippen LogP contribution in [-0.2, 0) is 25.6 Å². The van der Waals surface area contributed by atoms with Crippen LogP contribution >= 0.6 is 0 Å². The maximum Gasteiger partial charge on any atom is 0.243 e. The molecule has 0 saturated heterocycles. The molecule has 0 aliphatic carbocycles. The number of carbonyl (C=O) groups is 4. The van der Waals surface area contributed by atoms with Crippen molar-refractivity contribution in [2.75, 3.05) is 0 Å². The Kier molecular flexibility index (Phi) is 7.61. The van der Waals surface area contributed by atoms with Crippen LogP contribution in [0.25, 0.3) is 0 Å². The van der Waals surface area contributed by atoms with Gasteiger partial charge in [-0.25, -0.2) is 0 Å². The third-order valence-corrected chi connectivity index (χ3v) is 3.42. The predicted octanol–water partition coefficient (Wildman–Crippen LogP) is 0.0731. The molecule has 3 amide bonds. The normalized spacial score (nSPS) is 12.8. The van der Waals surface area contributed by atoms with E-state index in [4.69, 9.17) is 5.73 Å². The molecule has 7 nitrogen and oxygen atoms in total. The molecule has 130 valence electrons. The average molecular weight is 333 g/mol. The lowest BCUT2D eigenvalue weighted by atomic mass is 10.0.